The van der Waals surface area contributed by atoms with Gasteiger partial charge in [-0.25, -0.2) is 8.42 Å². The number of hydrogen-bond acceptors (Lipinski definition) is 6. The van der Waals surface area contributed by atoms with Crippen LogP contribution in [0.15, 0.2) is 47.4 Å². The first-order valence-electron chi connectivity index (χ1n) is 10.6. The van der Waals surface area contributed by atoms with Crippen molar-refractivity contribution < 1.29 is 22.7 Å². The first kappa shape index (κ1) is 23.7. The Morgan fingerprint density at radius 3 is 2.34 bits per heavy atom. The zero-order chi connectivity index (χ0) is 23.3. The number of benzene rings is 2. The topological polar surface area (TPSA) is 105 Å². The maximum absolute atomic E-state index is 12.4. The summed E-state index contributed by atoms with van der Waals surface area (Å²) in [6, 6.07) is 10.8. The number of carbonyl (C=O) groups is 2. The Kier molecular flexibility index (Phi) is 7.52. The molecule has 3 rings (SSSR count). The molecule has 2 N–H and O–H groups in total. The number of anilines is 2. The summed E-state index contributed by atoms with van der Waals surface area (Å²) in [4.78, 5) is 26.7. The molecule has 2 aromatic rings. The molecule has 1 saturated heterocycles. The highest BCUT2D eigenvalue weighted by Crippen LogP contribution is 2.26. The van der Waals surface area contributed by atoms with Crippen LogP contribution in [-0.4, -0.2) is 46.0 Å². The van der Waals surface area contributed by atoms with Gasteiger partial charge in [0.15, 0.2) is 6.61 Å². The third kappa shape index (κ3) is 6.08. The van der Waals surface area contributed by atoms with E-state index >= 15 is 0 Å². The molecule has 9 heteroatoms. The van der Waals surface area contributed by atoms with Crippen molar-refractivity contribution in [3.63, 3.8) is 0 Å². The van der Waals surface area contributed by atoms with E-state index in [1.165, 1.54) is 31.9 Å². The number of amides is 1. The van der Waals surface area contributed by atoms with Crippen molar-refractivity contribution in [1.29, 1.82) is 0 Å². The quantitative estimate of drug-likeness (QED) is 0.588. The maximum Gasteiger partial charge on any atom is 0.324 e. The van der Waals surface area contributed by atoms with E-state index in [2.05, 4.69) is 14.9 Å². The van der Waals surface area contributed by atoms with Gasteiger partial charge in [-0.2, -0.15) is 4.72 Å². The van der Waals surface area contributed by atoms with Crippen LogP contribution in [0.3, 0.4) is 0 Å². The molecule has 1 aliphatic heterocycles. The molecule has 0 aliphatic carbocycles. The molecule has 1 aliphatic rings. The van der Waals surface area contributed by atoms with E-state index in [0.29, 0.717) is 5.69 Å². The molecule has 1 atom stereocenters. The fourth-order valence-electron chi connectivity index (χ4n) is 3.57. The van der Waals surface area contributed by atoms with Gasteiger partial charge in [0.2, 0.25) is 10.0 Å². The summed E-state index contributed by atoms with van der Waals surface area (Å²) in [6.07, 6.45) is 2.37. The summed E-state index contributed by atoms with van der Waals surface area (Å²) in [5, 5.41) is 2.70. The van der Waals surface area contributed by atoms with Gasteiger partial charge in [-0.15, -0.1) is 0 Å². The Labute approximate surface area is 189 Å². The highest BCUT2D eigenvalue weighted by molar-refractivity contribution is 7.89. The summed E-state index contributed by atoms with van der Waals surface area (Å²) in [5.74, 6) is -1.34. The molecule has 8 nitrogen and oxygen atoms in total. The van der Waals surface area contributed by atoms with Crippen LogP contribution in [0.1, 0.15) is 30.9 Å². The Balaban J connectivity index is 1.50. The second-order valence-corrected chi connectivity index (χ2v) is 9.72. The van der Waals surface area contributed by atoms with Gasteiger partial charge in [-0.05, 0) is 69.5 Å². The SMILES string of the molecule is Cc1ccc(S(=O)(=O)N[C@H](C)C(=O)OCC(=O)Nc2ccc(N3CCCC3)c(C)c2)cc1. The lowest BCUT2D eigenvalue weighted by Gasteiger charge is -2.20. The zero-order valence-corrected chi connectivity index (χ0v) is 19.4. The van der Waals surface area contributed by atoms with Gasteiger partial charge in [-0.1, -0.05) is 17.7 Å². The number of hydrogen-bond donors (Lipinski definition) is 2. The highest BCUT2D eigenvalue weighted by Gasteiger charge is 2.23. The predicted octanol–water partition coefficient (Wildman–Crippen LogP) is 2.75. The number of ether oxygens (including phenoxy) is 1. The van der Waals surface area contributed by atoms with Gasteiger partial charge in [0, 0.05) is 24.5 Å². The van der Waals surface area contributed by atoms with E-state index in [9.17, 15) is 18.0 Å². The van der Waals surface area contributed by atoms with Crippen LogP contribution in [0, 0.1) is 13.8 Å². The van der Waals surface area contributed by atoms with Crippen molar-refractivity contribution in [2.24, 2.45) is 0 Å². The minimum absolute atomic E-state index is 0.0493. The van der Waals surface area contributed by atoms with Gasteiger partial charge in [0.25, 0.3) is 5.91 Å². The van der Waals surface area contributed by atoms with Crippen molar-refractivity contribution in [2.75, 3.05) is 29.9 Å². The van der Waals surface area contributed by atoms with E-state index in [1.54, 1.807) is 12.1 Å². The Morgan fingerprint density at radius 2 is 1.72 bits per heavy atom. The van der Waals surface area contributed by atoms with Crippen molar-refractivity contribution in [2.45, 2.75) is 44.6 Å². The molecule has 1 fully saturated rings. The molecule has 0 spiro atoms. The Morgan fingerprint density at radius 1 is 1.06 bits per heavy atom. The van der Waals surface area contributed by atoms with Crippen LogP contribution < -0.4 is 14.9 Å². The second kappa shape index (κ2) is 10.1. The first-order valence-corrected chi connectivity index (χ1v) is 12.0. The molecule has 0 saturated carbocycles. The predicted molar refractivity (Wildman–Crippen MR) is 123 cm³/mol. The summed E-state index contributed by atoms with van der Waals surface area (Å²) < 4.78 is 32.0. The number of carbonyl (C=O) groups excluding carboxylic acids is 2. The van der Waals surface area contributed by atoms with E-state index in [-0.39, 0.29) is 4.90 Å². The fraction of sp³-hybridized carbons (Fsp3) is 0.391. The second-order valence-electron chi connectivity index (χ2n) is 8.01. The van der Waals surface area contributed by atoms with Gasteiger partial charge < -0.3 is 15.0 Å². The Hall–Kier alpha value is -2.91. The molecule has 0 bridgehead atoms. The van der Waals surface area contributed by atoms with E-state index in [1.807, 2.05) is 32.0 Å². The van der Waals surface area contributed by atoms with Crippen molar-refractivity contribution in [3.05, 3.63) is 53.6 Å². The summed E-state index contributed by atoms with van der Waals surface area (Å²) in [6.45, 7) is 6.76. The van der Waals surface area contributed by atoms with Gasteiger partial charge >= 0.3 is 5.97 Å². The zero-order valence-electron chi connectivity index (χ0n) is 18.6. The van der Waals surface area contributed by atoms with Crippen LogP contribution in [0.4, 0.5) is 11.4 Å². The highest BCUT2D eigenvalue weighted by atomic mass is 32.2. The fourth-order valence-corrected chi connectivity index (χ4v) is 4.76. The van der Waals surface area contributed by atoms with Crippen LogP contribution in [0.5, 0.6) is 0 Å². The van der Waals surface area contributed by atoms with E-state index in [4.69, 9.17) is 4.74 Å². The lowest BCUT2D eigenvalue weighted by Crippen LogP contribution is -2.40. The Bertz CT molecular complexity index is 1080. The number of rotatable bonds is 8. The molecule has 0 radical (unpaired) electrons. The summed E-state index contributed by atoms with van der Waals surface area (Å²) in [5.41, 5.74) is 3.74. The minimum Gasteiger partial charge on any atom is -0.454 e. The molecular formula is C23H29N3O5S. The van der Waals surface area contributed by atoms with E-state index < -0.39 is 34.5 Å². The number of nitrogens with one attached hydrogen (secondary N) is 2. The minimum atomic E-state index is -3.88. The largest absolute Gasteiger partial charge is 0.454 e. The lowest BCUT2D eigenvalue weighted by molar-refractivity contribution is -0.148. The van der Waals surface area contributed by atoms with Gasteiger partial charge in [0.05, 0.1) is 4.90 Å². The monoisotopic (exact) mass is 459 g/mol. The van der Waals surface area contributed by atoms with Crippen LogP contribution in [0.2, 0.25) is 0 Å². The summed E-state index contributed by atoms with van der Waals surface area (Å²) in [7, 11) is -3.88. The molecule has 32 heavy (non-hydrogen) atoms. The molecular weight excluding hydrogens is 430 g/mol. The van der Waals surface area contributed by atoms with Crippen LogP contribution in [-0.2, 0) is 24.3 Å². The standard InChI is InChI=1S/C23H29N3O5S/c1-16-6-9-20(10-7-16)32(29,30)25-18(3)23(28)31-15-22(27)24-19-8-11-21(17(2)14-19)26-12-4-5-13-26/h6-11,14,18,25H,4-5,12-13,15H2,1-3H3,(H,24,27)/t18-/m1/s1. The van der Waals surface area contributed by atoms with Crippen molar-refractivity contribution in [1.82, 2.24) is 4.72 Å². The number of aryl methyl sites for hydroxylation is 2. The molecule has 1 amide bonds. The van der Waals surface area contributed by atoms with Gasteiger partial charge in [0.1, 0.15) is 6.04 Å². The normalized spacial score (nSPS) is 14.8. The lowest BCUT2D eigenvalue weighted by atomic mass is 10.1. The third-order valence-corrected chi connectivity index (χ3v) is 6.85. The molecule has 2 aromatic carbocycles. The third-order valence-electron chi connectivity index (χ3n) is 5.29. The number of nitrogens with zero attached hydrogens (tertiary/aromatic N) is 1. The van der Waals surface area contributed by atoms with Crippen LogP contribution in [0.25, 0.3) is 0 Å². The average molecular weight is 460 g/mol. The molecule has 0 unspecified atom stereocenters. The number of sulfonamides is 1. The first-order chi connectivity index (χ1) is 15.2. The van der Waals surface area contributed by atoms with Crippen molar-refractivity contribution >= 4 is 33.3 Å². The molecule has 0 aromatic heterocycles. The smallest absolute Gasteiger partial charge is 0.324 e. The maximum atomic E-state index is 12.4. The number of esters is 1. The molecule has 172 valence electrons. The van der Waals surface area contributed by atoms with Gasteiger partial charge in [-0.3, -0.25) is 9.59 Å². The van der Waals surface area contributed by atoms with E-state index in [0.717, 1.165) is 29.9 Å². The summed E-state index contributed by atoms with van der Waals surface area (Å²) >= 11 is 0. The molecule has 1 heterocycles. The van der Waals surface area contributed by atoms with Crippen molar-refractivity contribution in [3.8, 4) is 0 Å². The average Bonchev–Trinajstić information content (AvgIpc) is 3.26. The van der Waals surface area contributed by atoms with Crippen LogP contribution >= 0.6 is 0 Å².